The average molecular weight is 433 g/mol. The highest BCUT2D eigenvalue weighted by Gasteiger charge is 2.33. The van der Waals surface area contributed by atoms with Gasteiger partial charge in [-0.1, -0.05) is 79.4 Å². The third-order valence-electron chi connectivity index (χ3n) is 6.88. The van der Waals surface area contributed by atoms with E-state index in [1.54, 1.807) is 24.3 Å². The van der Waals surface area contributed by atoms with Gasteiger partial charge < -0.3 is 10.1 Å². The molecule has 0 aliphatic heterocycles. The number of unbranched alkanes of at least 4 members (excludes halogenated alkanes) is 2. The largest absolute Gasteiger partial charge is 0.443 e. The Labute approximate surface area is 189 Å². The van der Waals surface area contributed by atoms with Crippen molar-refractivity contribution in [3.05, 3.63) is 35.4 Å². The molecule has 31 heavy (non-hydrogen) atoms. The van der Waals surface area contributed by atoms with Crippen molar-refractivity contribution in [2.75, 3.05) is 6.54 Å². The topological polar surface area (TPSA) is 81.4 Å². The monoisotopic (exact) mass is 432 g/mol. The van der Waals surface area contributed by atoms with Crippen LogP contribution in [0, 0.1) is 10.8 Å². The van der Waals surface area contributed by atoms with Crippen LogP contribution in [0.1, 0.15) is 114 Å². The van der Waals surface area contributed by atoms with E-state index in [0.29, 0.717) is 12.1 Å². The van der Waals surface area contributed by atoms with Gasteiger partial charge in [-0.15, -0.1) is 0 Å². The Kier molecular flexibility index (Phi) is 11.3. The third-order valence-corrected chi connectivity index (χ3v) is 6.88. The number of esters is 1. The first-order chi connectivity index (χ1) is 14.7. The first kappa shape index (κ1) is 27.2. The van der Waals surface area contributed by atoms with Crippen LogP contribution in [0.3, 0.4) is 0 Å². The van der Waals surface area contributed by atoms with Crippen LogP contribution >= 0.6 is 0 Å². The Morgan fingerprint density at radius 2 is 1.55 bits per heavy atom. The van der Waals surface area contributed by atoms with Crippen LogP contribution in [-0.2, 0) is 4.74 Å². The molecule has 1 aromatic rings. The van der Waals surface area contributed by atoms with Crippen molar-refractivity contribution in [3.63, 3.8) is 0 Å². The summed E-state index contributed by atoms with van der Waals surface area (Å²) in [6, 6.07) is 6.81. The van der Waals surface area contributed by atoms with Gasteiger partial charge in [0.1, 0.15) is 0 Å². The quantitative estimate of drug-likeness (QED) is 0.276. The summed E-state index contributed by atoms with van der Waals surface area (Å²) in [5.74, 6) is -0.791. The van der Waals surface area contributed by atoms with E-state index in [1.165, 1.54) is 0 Å². The Morgan fingerprint density at radius 1 is 0.968 bits per heavy atom. The van der Waals surface area contributed by atoms with Crippen molar-refractivity contribution in [1.29, 1.82) is 0 Å². The molecular formula is C26H44N2O3. The third kappa shape index (κ3) is 7.95. The molecule has 3 atom stereocenters. The van der Waals surface area contributed by atoms with Gasteiger partial charge in [0.25, 0.3) is 5.91 Å². The summed E-state index contributed by atoms with van der Waals surface area (Å²) < 4.78 is 5.66. The van der Waals surface area contributed by atoms with Gasteiger partial charge in [-0.3, -0.25) is 10.5 Å². The Bertz CT molecular complexity index is 706. The molecular weight excluding hydrogens is 388 g/mol. The fraction of sp³-hybridized carbons (Fsp3) is 0.692. The predicted octanol–water partition coefficient (Wildman–Crippen LogP) is 6.07. The van der Waals surface area contributed by atoms with Crippen molar-refractivity contribution in [2.45, 2.75) is 99.1 Å². The maximum atomic E-state index is 12.9. The molecule has 0 aromatic heterocycles. The SMILES string of the molecule is CCCCC(C)(CC)CNC(=O)c1ccccc1C(=O)OC(N)C(C)(CC)CCCC. The first-order valence-corrected chi connectivity index (χ1v) is 12.0. The predicted molar refractivity (Wildman–Crippen MR) is 128 cm³/mol. The molecule has 3 N–H and O–H groups in total. The molecule has 5 heteroatoms. The van der Waals surface area contributed by atoms with Gasteiger partial charge in [-0.25, -0.2) is 4.79 Å². The molecule has 1 rings (SSSR count). The van der Waals surface area contributed by atoms with Crippen LogP contribution in [0.15, 0.2) is 24.3 Å². The number of carbonyl (C=O) groups is 2. The van der Waals surface area contributed by atoms with E-state index >= 15 is 0 Å². The summed E-state index contributed by atoms with van der Waals surface area (Å²) in [6.45, 7) is 13.4. The van der Waals surface area contributed by atoms with E-state index in [-0.39, 0.29) is 22.3 Å². The highest BCUT2D eigenvalue weighted by atomic mass is 16.6. The smallest absolute Gasteiger partial charge is 0.340 e. The van der Waals surface area contributed by atoms with E-state index < -0.39 is 12.2 Å². The first-order valence-electron chi connectivity index (χ1n) is 12.0. The fourth-order valence-electron chi connectivity index (χ4n) is 3.66. The molecule has 1 aromatic carbocycles. The lowest BCUT2D eigenvalue weighted by atomic mass is 9.80. The number of nitrogens with two attached hydrogens (primary N) is 1. The van der Waals surface area contributed by atoms with Crippen molar-refractivity contribution < 1.29 is 14.3 Å². The number of hydrogen-bond acceptors (Lipinski definition) is 4. The zero-order valence-electron chi connectivity index (χ0n) is 20.6. The second kappa shape index (κ2) is 12.8. The number of ether oxygens (including phenoxy) is 1. The summed E-state index contributed by atoms with van der Waals surface area (Å²) in [4.78, 5) is 25.9. The fourth-order valence-corrected chi connectivity index (χ4v) is 3.66. The second-order valence-corrected chi connectivity index (χ2v) is 9.43. The van der Waals surface area contributed by atoms with Gasteiger partial charge in [-0.05, 0) is 43.2 Å². The van der Waals surface area contributed by atoms with E-state index in [9.17, 15) is 9.59 Å². The van der Waals surface area contributed by atoms with Crippen molar-refractivity contribution in [3.8, 4) is 0 Å². The van der Waals surface area contributed by atoms with Crippen LogP contribution in [0.2, 0.25) is 0 Å². The number of benzene rings is 1. The standard InChI is InChI=1S/C26H44N2O3/c1-7-11-17-25(5,9-3)19-28-22(29)20-15-13-14-16-21(20)23(30)31-24(27)26(6,10-4)18-12-8-2/h13-16,24H,7-12,17-19,27H2,1-6H3,(H,28,29). The van der Waals surface area contributed by atoms with Crippen LogP contribution in [0.25, 0.3) is 0 Å². The maximum Gasteiger partial charge on any atom is 0.340 e. The van der Waals surface area contributed by atoms with Gasteiger partial charge in [-0.2, -0.15) is 0 Å². The highest BCUT2D eigenvalue weighted by molar-refractivity contribution is 6.05. The Hall–Kier alpha value is -1.88. The average Bonchev–Trinajstić information content (AvgIpc) is 2.79. The summed E-state index contributed by atoms with van der Waals surface area (Å²) in [7, 11) is 0. The van der Waals surface area contributed by atoms with Gasteiger partial charge >= 0.3 is 5.97 Å². The van der Waals surface area contributed by atoms with Gasteiger partial charge in [0.15, 0.2) is 6.23 Å². The van der Waals surface area contributed by atoms with Crippen molar-refractivity contribution in [1.82, 2.24) is 5.32 Å². The van der Waals surface area contributed by atoms with Gasteiger partial charge in [0.05, 0.1) is 11.1 Å². The lowest BCUT2D eigenvalue weighted by Gasteiger charge is -2.34. The maximum absolute atomic E-state index is 12.9. The number of nitrogens with one attached hydrogen (secondary N) is 1. The molecule has 0 spiro atoms. The molecule has 0 saturated carbocycles. The van der Waals surface area contributed by atoms with E-state index in [1.807, 2.05) is 0 Å². The van der Waals surface area contributed by atoms with E-state index in [2.05, 4.69) is 46.9 Å². The minimum atomic E-state index is -0.718. The summed E-state index contributed by atoms with van der Waals surface area (Å²) >= 11 is 0. The molecule has 1 amide bonds. The van der Waals surface area contributed by atoms with Crippen LogP contribution < -0.4 is 11.1 Å². The molecule has 0 aliphatic rings. The lowest BCUT2D eigenvalue weighted by Crippen LogP contribution is -2.43. The normalized spacial score (nSPS) is 16.1. The molecule has 5 nitrogen and oxygen atoms in total. The molecule has 3 unspecified atom stereocenters. The molecule has 176 valence electrons. The summed E-state index contributed by atoms with van der Waals surface area (Å²) in [5.41, 5.74) is 6.66. The molecule has 0 fully saturated rings. The summed E-state index contributed by atoms with van der Waals surface area (Å²) in [6.07, 6.45) is 7.40. The summed E-state index contributed by atoms with van der Waals surface area (Å²) in [5, 5.41) is 3.04. The van der Waals surface area contributed by atoms with Gasteiger partial charge in [0, 0.05) is 12.0 Å². The number of carbonyl (C=O) groups excluding carboxylic acids is 2. The van der Waals surface area contributed by atoms with Crippen LogP contribution in [0.5, 0.6) is 0 Å². The van der Waals surface area contributed by atoms with E-state index in [0.717, 1.165) is 51.4 Å². The molecule has 0 aliphatic carbocycles. The number of hydrogen-bond donors (Lipinski definition) is 2. The zero-order chi connectivity index (χ0) is 23.5. The minimum absolute atomic E-state index is 0.0473. The van der Waals surface area contributed by atoms with Crippen molar-refractivity contribution >= 4 is 11.9 Å². The Balaban J connectivity index is 2.92. The number of rotatable bonds is 14. The zero-order valence-corrected chi connectivity index (χ0v) is 20.6. The lowest BCUT2D eigenvalue weighted by molar-refractivity contribution is -0.0161. The van der Waals surface area contributed by atoms with Crippen molar-refractivity contribution in [2.24, 2.45) is 16.6 Å². The molecule has 0 radical (unpaired) electrons. The molecule has 0 bridgehead atoms. The molecule has 0 heterocycles. The van der Waals surface area contributed by atoms with Gasteiger partial charge in [0.2, 0.25) is 0 Å². The number of amides is 1. The molecule has 0 saturated heterocycles. The van der Waals surface area contributed by atoms with E-state index in [4.69, 9.17) is 10.5 Å². The minimum Gasteiger partial charge on any atom is -0.443 e. The second-order valence-electron chi connectivity index (χ2n) is 9.43. The highest BCUT2D eigenvalue weighted by Crippen LogP contribution is 2.32. The Morgan fingerprint density at radius 3 is 2.10 bits per heavy atom. The van der Waals surface area contributed by atoms with Crippen LogP contribution in [0.4, 0.5) is 0 Å². The van der Waals surface area contributed by atoms with Crippen LogP contribution in [-0.4, -0.2) is 24.6 Å².